The van der Waals surface area contributed by atoms with Gasteiger partial charge >= 0.3 is 0 Å². The van der Waals surface area contributed by atoms with E-state index in [0.717, 1.165) is 61.4 Å². The van der Waals surface area contributed by atoms with Gasteiger partial charge in [-0.2, -0.15) is 0 Å². The van der Waals surface area contributed by atoms with E-state index in [1.54, 1.807) is 18.5 Å². The van der Waals surface area contributed by atoms with E-state index in [0.29, 0.717) is 11.4 Å². The number of rotatable bonds is 6. The Hall–Kier alpha value is -3.62. The largest absolute Gasteiger partial charge is 0.338 e. The second kappa shape index (κ2) is 9.48. The maximum Gasteiger partial charge on any atom is 0.255 e. The number of likely N-dealkylation sites (N-methyl/N-ethyl adjacent to an activating group) is 1. The van der Waals surface area contributed by atoms with Crippen molar-refractivity contribution in [2.75, 3.05) is 45.1 Å². The van der Waals surface area contributed by atoms with E-state index in [2.05, 4.69) is 54.2 Å². The highest BCUT2D eigenvalue weighted by atomic mass is 16.1. The average molecular weight is 442 g/mol. The number of hydrogen-bond acceptors (Lipinski definition) is 6. The molecule has 168 valence electrons. The van der Waals surface area contributed by atoms with Crippen LogP contribution in [0.3, 0.4) is 0 Å². The van der Waals surface area contributed by atoms with Gasteiger partial charge in [-0.1, -0.05) is 12.1 Å². The fraction of sp³-hybridized carbons (Fsp3) is 0.280. The molecule has 0 aliphatic carbocycles. The molecule has 0 bridgehead atoms. The van der Waals surface area contributed by atoms with Crippen molar-refractivity contribution in [1.82, 2.24) is 29.7 Å². The number of amides is 1. The first kappa shape index (κ1) is 21.2. The molecule has 8 nitrogen and oxygen atoms in total. The van der Waals surface area contributed by atoms with E-state index >= 15 is 0 Å². The Morgan fingerprint density at radius 3 is 2.55 bits per heavy atom. The van der Waals surface area contributed by atoms with E-state index in [1.807, 2.05) is 24.3 Å². The lowest BCUT2D eigenvalue weighted by Crippen LogP contribution is -2.45. The Morgan fingerprint density at radius 2 is 1.79 bits per heavy atom. The molecule has 4 aromatic rings. The Kier molecular flexibility index (Phi) is 6.10. The number of H-pyrrole nitrogens is 1. The van der Waals surface area contributed by atoms with Crippen LogP contribution < -0.4 is 5.32 Å². The van der Waals surface area contributed by atoms with Crippen molar-refractivity contribution < 1.29 is 4.79 Å². The molecule has 1 aliphatic heterocycles. The highest BCUT2D eigenvalue weighted by Gasteiger charge is 2.14. The maximum absolute atomic E-state index is 12.8. The number of benzene rings is 2. The number of imidazole rings is 1. The van der Waals surface area contributed by atoms with Crippen LogP contribution in [0.1, 0.15) is 15.9 Å². The topological polar surface area (TPSA) is 90.0 Å². The number of anilines is 1. The third-order valence-electron chi connectivity index (χ3n) is 6.10. The number of fused-ring (bicyclic) bond motifs is 1. The smallest absolute Gasteiger partial charge is 0.255 e. The summed E-state index contributed by atoms with van der Waals surface area (Å²) in [5, 5.41) is 2.99. The zero-order valence-electron chi connectivity index (χ0n) is 18.7. The number of nitrogens with zero attached hydrogens (tertiary/aromatic N) is 5. The molecule has 3 heterocycles. The number of hydrogen-bond donors (Lipinski definition) is 2. The van der Waals surface area contributed by atoms with Crippen molar-refractivity contribution >= 4 is 22.6 Å². The van der Waals surface area contributed by atoms with Crippen LogP contribution in [0, 0.1) is 0 Å². The molecule has 2 N–H and O–H groups in total. The summed E-state index contributed by atoms with van der Waals surface area (Å²) in [7, 11) is 2.18. The number of nitrogens with one attached hydrogen (secondary N) is 2. The van der Waals surface area contributed by atoms with Gasteiger partial charge in [-0.15, -0.1) is 0 Å². The number of aromatic amines is 1. The summed E-state index contributed by atoms with van der Waals surface area (Å²) >= 11 is 0. The minimum Gasteiger partial charge on any atom is -0.338 e. The van der Waals surface area contributed by atoms with Crippen molar-refractivity contribution in [2.24, 2.45) is 0 Å². The van der Waals surface area contributed by atoms with Crippen molar-refractivity contribution in [3.8, 4) is 11.4 Å². The predicted molar refractivity (Wildman–Crippen MR) is 129 cm³/mol. The first-order valence-corrected chi connectivity index (χ1v) is 11.2. The lowest BCUT2D eigenvalue weighted by molar-refractivity contribution is 0.102. The van der Waals surface area contributed by atoms with E-state index in [4.69, 9.17) is 0 Å². The summed E-state index contributed by atoms with van der Waals surface area (Å²) < 4.78 is 0. The Bertz CT molecular complexity index is 1230. The molecule has 0 atom stereocenters. The van der Waals surface area contributed by atoms with Crippen LogP contribution in [0.25, 0.3) is 22.4 Å². The minimum atomic E-state index is -0.152. The molecule has 1 amide bonds. The molecule has 1 saturated heterocycles. The van der Waals surface area contributed by atoms with Crippen LogP contribution in [0.2, 0.25) is 0 Å². The van der Waals surface area contributed by atoms with Gasteiger partial charge in [0, 0.05) is 56.4 Å². The molecule has 0 unspecified atom stereocenters. The fourth-order valence-corrected chi connectivity index (χ4v) is 4.03. The molecule has 0 radical (unpaired) electrons. The summed E-state index contributed by atoms with van der Waals surface area (Å²) in [6.07, 6.45) is 5.90. The maximum atomic E-state index is 12.8. The third-order valence-corrected chi connectivity index (χ3v) is 6.10. The fourth-order valence-electron chi connectivity index (χ4n) is 4.03. The number of aromatic nitrogens is 4. The number of carbonyl (C=O) groups is 1. The van der Waals surface area contributed by atoms with E-state index in [9.17, 15) is 4.79 Å². The molecule has 2 aromatic heterocycles. The van der Waals surface area contributed by atoms with Gasteiger partial charge in [0.05, 0.1) is 16.6 Å². The Morgan fingerprint density at radius 1 is 1.03 bits per heavy atom. The number of piperazine rings is 1. The minimum absolute atomic E-state index is 0.152. The van der Waals surface area contributed by atoms with Crippen molar-refractivity contribution in [1.29, 1.82) is 0 Å². The molecule has 8 heteroatoms. The Balaban J connectivity index is 1.21. The van der Waals surface area contributed by atoms with Gasteiger partial charge < -0.3 is 20.1 Å². The average Bonchev–Trinajstić information content (AvgIpc) is 3.29. The van der Waals surface area contributed by atoms with E-state index in [1.165, 1.54) is 11.9 Å². The van der Waals surface area contributed by atoms with Crippen LogP contribution in [0.15, 0.2) is 61.2 Å². The van der Waals surface area contributed by atoms with Gasteiger partial charge in [0.15, 0.2) is 0 Å². The summed E-state index contributed by atoms with van der Waals surface area (Å²) in [6, 6.07) is 13.6. The summed E-state index contributed by atoms with van der Waals surface area (Å²) in [5.41, 5.74) is 5.02. The Labute approximate surface area is 192 Å². The molecular weight excluding hydrogens is 414 g/mol. The highest BCUT2D eigenvalue weighted by Crippen LogP contribution is 2.21. The van der Waals surface area contributed by atoms with Gasteiger partial charge in [-0.25, -0.2) is 15.0 Å². The standard InChI is InChI=1S/C25H27N7O/c1-31-10-12-32(13-11-31)9-8-18-2-5-21(6-3-18)28-25(33)19-4-7-22-23(14-19)30-24(29-22)20-15-26-17-27-16-20/h2-7,14-17H,8-13H2,1H3,(H,28,33)(H,29,30). The third kappa shape index (κ3) is 5.08. The van der Waals surface area contributed by atoms with Crippen LogP contribution in [0.4, 0.5) is 5.69 Å². The zero-order valence-corrected chi connectivity index (χ0v) is 18.7. The summed E-state index contributed by atoms with van der Waals surface area (Å²) in [6.45, 7) is 5.60. The molecule has 0 spiro atoms. The molecule has 0 saturated carbocycles. The van der Waals surface area contributed by atoms with Gasteiger partial charge in [0.1, 0.15) is 12.2 Å². The van der Waals surface area contributed by atoms with Gasteiger partial charge in [-0.05, 0) is 49.4 Å². The lowest BCUT2D eigenvalue weighted by Gasteiger charge is -2.32. The quantitative estimate of drug-likeness (QED) is 0.478. The van der Waals surface area contributed by atoms with Crippen molar-refractivity contribution in [3.05, 3.63) is 72.3 Å². The molecule has 1 aliphatic rings. The van der Waals surface area contributed by atoms with Crippen LogP contribution in [-0.4, -0.2) is 75.4 Å². The van der Waals surface area contributed by atoms with E-state index < -0.39 is 0 Å². The second-order valence-electron chi connectivity index (χ2n) is 8.49. The van der Waals surface area contributed by atoms with Crippen molar-refractivity contribution in [2.45, 2.75) is 6.42 Å². The van der Waals surface area contributed by atoms with Crippen LogP contribution in [-0.2, 0) is 6.42 Å². The summed E-state index contributed by atoms with van der Waals surface area (Å²) in [5.74, 6) is 0.525. The molecule has 33 heavy (non-hydrogen) atoms. The van der Waals surface area contributed by atoms with Gasteiger partial charge in [0.2, 0.25) is 0 Å². The van der Waals surface area contributed by atoms with Crippen molar-refractivity contribution in [3.63, 3.8) is 0 Å². The predicted octanol–water partition coefficient (Wildman–Crippen LogP) is 3.06. The molecule has 1 fully saturated rings. The first-order valence-electron chi connectivity index (χ1n) is 11.2. The summed E-state index contributed by atoms with van der Waals surface area (Å²) in [4.78, 5) is 33.5. The molecule has 2 aromatic carbocycles. The van der Waals surface area contributed by atoms with Crippen LogP contribution in [0.5, 0.6) is 0 Å². The SMILES string of the molecule is CN1CCN(CCc2ccc(NC(=O)c3ccc4nc(-c5cncnc5)[nH]c4c3)cc2)CC1. The monoisotopic (exact) mass is 441 g/mol. The zero-order chi connectivity index (χ0) is 22.6. The van der Waals surface area contributed by atoms with Gasteiger partial charge in [0.25, 0.3) is 5.91 Å². The molecule has 5 rings (SSSR count). The lowest BCUT2D eigenvalue weighted by atomic mass is 10.1. The first-order chi connectivity index (χ1) is 16.1. The number of carbonyl (C=O) groups excluding carboxylic acids is 1. The molecular formula is C25H27N7O. The van der Waals surface area contributed by atoms with E-state index in [-0.39, 0.29) is 5.91 Å². The highest BCUT2D eigenvalue weighted by molar-refractivity contribution is 6.06. The van der Waals surface area contributed by atoms with Crippen LogP contribution >= 0.6 is 0 Å². The van der Waals surface area contributed by atoms with Gasteiger partial charge in [-0.3, -0.25) is 4.79 Å². The normalized spacial score (nSPS) is 15.1. The second-order valence-corrected chi connectivity index (χ2v) is 8.49.